The minimum absolute atomic E-state index is 0.167. The molecule has 0 radical (unpaired) electrons. The number of hydrogen-bond acceptors (Lipinski definition) is 2. The summed E-state index contributed by atoms with van der Waals surface area (Å²) in [5.41, 5.74) is 9.71. The van der Waals surface area contributed by atoms with E-state index in [2.05, 4.69) is 48.0 Å². The minimum Gasteiger partial charge on any atom is -0.489 e. The predicted octanol–water partition coefficient (Wildman–Crippen LogP) is 4.62. The molecule has 2 nitrogen and oxygen atoms in total. The molecule has 21 heavy (non-hydrogen) atoms. The number of rotatable bonds is 6. The maximum Gasteiger partial charge on any atom is 0.123 e. The molecule has 0 fully saturated rings. The highest BCUT2D eigenvalue weighted by molar-refractivity contribution is 9.10. The van der Waals surface area contributed by atoms with Crippen molar-refractivity contribution in [3.63, 3.8) is 0 Å². The lowest BCUT2D eigenvalue weighted by molar-refractivity contribution is 0.301. The van der Waals surface area contributed by atoms with Crippen molar-refractivity contribution in [2.75, 3.05) is 0 Å². The molecular formula is C18H22BrNO. The van der Waals surface area contributed by atoms with Crippen LogP contribution in [0.4, 0.5) is 0 Å². The first-order valence-electron chi connectivity index (χ1n) is 7.31. The van der Waals surface area contributed by atoms with E-state index in [1.165, 1.54) is 11.1 Å². The number of ether oxygens (including phenoxy) is 1. The molecule has 2 rings (SSSR count). The smallest absolute Gasteiger partial charge is 0.123 e. The molecule has 0 aliphatic rings. The molecule has 2 aromatic carbocycles. The van der Waals surface area contributed by atoms with Gasteiger partial charge in [-0.2, -0.15) is 0 Å². The summed E-state index contributed by atoms with van der Waals surface area (Å²) in [4.78, 5) is 0. The van der Waals surface area contributed by atoms with E-state index in [9.17, 15) is 0 Å². The third-order valence-corrected chi connectivity index (χ3v) is 4.17. The molecule has 3 heteroatoms. The van der Waals surface area contributed by atoms with E-state index in [0.29, 0.717) is 6.61 Å². The normalized spacial score (nSPS) is 12.2. The van der Waals surface area contributed by atoms with Crippen LogP contribution in [0.3, 0.4) is 0 Å². The SMILES string of the molecule is CCC(N)Cc1cc(Br)ccc1OCc1ccccc1C. The average molecular weight is 348 g/mol. The largest absolute Gasteiger partial charge is 0.489 e. The van der Waals surface area contributed by atoms with Crippen molar-refractivity contribution in [2.24, 2.45) is 5.73 Å². The standard InChI is InChI=1S/C18H22BrNO/c1-3-17(20)11-15-10-16(19)8-9-18(15)21-12-14-7-5-4-6-13(14)2/h4-10,17H,3,11-12,20H2,1-2H3. The molecule has 0 spiro atoms. The van der Waals surface area contributed by atoms with Crippen molar-refractivity contribution in [1.82, 2.24) is 0 Å². The van der Waals surface area contributed by atoms with Crippen molar-refractivity contribution in [3.8, 4) is 5.75 Å². The fourth-order valence-electron chi connectivity index (χ4n) is 2.20. The number of hydrogen-bond donors (Lipinski definition) is 1. The highest BCUT2D eigenvalue weighted by Gasteiger charge is 2.09. The first-order chi connectivity index (χ1) is 10.1. The van der Waals surface area contributed by atoms with Crippen molar-refractivity contribution in [3.05, 3.63) is 63.6 Å². The highest BCUT2D eigenvalue weighted by atomic mass is 79.9. The maximum absolute atomic E-state index is 6.08. The van der Waals surface area contributed by atoms with E-state index < -0.39 is 0 Å². The van der Waals surface area contributed by atoms with Gasteiger partial charge in [-0.1, -0.05) is 47.1 Å². The van der Waals surface area contributed by atoms with Gasteiger partial charge in [0.25, 0.3) is 0 Å². The van der Waals surface area contributed by atoms with Crippen LogP contribution in [0.1, 0.15) is 30.0 Å². The molecule has 0 heterocycles. The lowest BCUT2D eigenvalue weighted by atomic mass is 10.0. The second kappa shape index (κ2) is 7.62. The third-order valence-electron chi connectivity index (χ3n) is 3.67. The second-order valence-corrected chi connectivity index (χ2v) is 6.26. The van der Waals surface area contributed by atoms with Gasteiger partial charge in [-0.05, 0) is 54.7 Å². The molecule has 112 valence electrons. The van der Waals surface area contributed by atoms with E-state index in [0.717, 1.165) is 28.6 Å². The van der Waals surface area contributed by atoms with Crippen LogP contribution >= 0.6 is 15.9 Å². The molecule has 0 aliphatic carbocycles. The Hall–Kier alpha value is -1.32. The van der Waals surface area contributed by atoms with Crippen molar-refractivity contribution >= 4 is 15.9 Å². The van der Waals surface area contributed by atoms with Crippen LogP contribution in [0, 0.1) is 6.92 Å². The fraction of sp³-hybridized carbons (Fsp3) is 0.333. The Morgan fingerprint density at radius 3 is 2.62 bits per heavy atom. The Kier molecular flexibility index (Phi) is 5.83. The maximum atomic E-state index is 6.08. The van der Waals surface area contributed by atoms with Gasteiger partial charge in [0, 0.05) is 10.5 Å². The van der Waals surface area contributed by atoms with Crippen LogP contribution in [-0.2, 0) is 13.0 Å². The van der Waals surface area contributed by atoms with Crippen LogP contribution in [0.5, 0.6) is 5.75 Å². The van der Waals surface area contributed by atoms with Gasteiger partial charge in [-0.15, -0.1) is 0 Å². The van der Waals surface area contributed by atoms with Gasteiger partial charge in [0.1, 0.15) is 12.4 Å². The molecule has 1 unspecified atom stereocenters. The van der Waals surface area contributed by atoms with E-state index >= 15 is 0 Å². The molecule has 0 aliphatic heterocycles. The van der Waals surface area contributed by atoms with Crippen molar-refractivity contribution in [2.45, 2.75) is 39.3 Å². The number of benzene rings is 2. The van der Waals surface area contributed by atoms with Gasteiger partial charge in [0.15, 0.2) is 0 Å². The van der Waals surface area contributed by atoms with Crippen molar-refractivity contribution < 1.29 is 4.74 Å². The Bertz CT molecular complexity index is 598. The second-order valence-electron chi connectivity index (χ2n) is 5.34. The molecular weight excluding hydrogens is 326 g/mol. The van der Waals surface area contributed by atoms with E-state index in [4.69, 9.17) is 10.5 Å². The summed E-state index contributed by atoms with van der Waals surface area (Å²) in [5, 5.41) is 0. The number of aryl methyl sites for hydroxylation is 1. The summed E-state index contributed by atoms with van der Waals surface area (Å²) in [6.07, 6.45) is 1.79. The van der Waals surface area contributed by atoms with Crippen molar-refractivity contribution in [1.29, 1.82) is 0 Å². The van der Waals surface area contributed by atoms with Crippen LogP contribution < -0.4 is 10.5 Å². The molecule has 2 N–H and O–H groups in total. The third kappa shape index (κ3) is 4.58. The minimum atomic E-state index is 0.167. The zero-order valence-corrected chi connectivity index (χ0v) is 14.2. The van der Waals surface area contributed by atoms with E-state index in [-0.39, 0.29) is 6.04 Å². The summed E-state index contributed by atoms with van der Waals surface area (Å²) < 4.78 is 7.09. The summed E-state index contributed by atoms with van der Waals surface area (Å²) in [6.45, 7) is 4.80. The molecule has 2 aromatic rings. The monoisotopic (exact) mass is 347 g/mol. The summed E-state index contributed by atoms with van der Waals surface area (Å²) in [7, 11) is 0. The molecule has 0 bridgehead atoms. The van der Waals surface area contributed by atoms with E-state index in [1.807, 2.05) is 24.3 Å². The van der Waals surface area contributed by atoms with Crippen LogP contribution in [0.25, 0.3) is 0 Å². The fourth-order valence-corrected chi connectivity index (χ4v) is 2.61. The Balaban J connectivity index is 2.14. The van der Waals surface area contributed by atoms with Crippen LogP contribution in [-0.4, -0.2) is 6.04 Å². The first kappa shape index (κ1) is 16.1. The lowest BCUT2D eigenvalue weighted by Gasteiger charge is -2.15. The lowest BCUT2D eigenvalue weighted by Crippen LogP contribution is -2.21. The topological polar surface area (TPSA) is 35.2 Å². The zero-order chi connectivity index (χ0) is 15.2. The summed E-state index contributed by atoms with van der Waals surface area (Å²) in [6, 6.07) is 14.6. The summed E-state index contributed by atoms with van der Waals surface area (Å²) >= 11 is 3.52. The Labute approximate surface area is 135 Å². The zero-order valence-electron chi connectivity index (χ0n) is 12.6. The predicted molar refractivity (Wildman–Crippen MR) is 91.6 cm³/mol. The van der Waals surface area contributed by atoms with Crippen LogP contribution in [0.15, 0.2) is 46.9 Å². The number of nitrogens with two attached hydrogens (primary N) is 1. The molecule has 0 amide bonds. The average Bonchev–Trinajstić information content (AvgIpc) is 2.48. The quantitative estimate of drug-likeness (QED) is 0.827. The van der Waals surface area contributed by atoms with Gasteiger partial charge in [0.2, 0.25) is 0 Å². The van der Waals surface area contributed by atoms with E-state index in [1.54, 1.807) is 0 Å². The first-order valence-corrected chi connectivity index (χ1v) is 8.10. The molecule has 0 saturated heterocycles. The Morgan fingerprint density at radius 1 is 1.14 bits per heavy atom. The molecule has 1 atom stereocenters. The number of halogens is 1. The molecule has 0 aromatic heterocycles. The highest BCUT2D eigenvalue weighted by Crippen LogP contribution is 2.26. The Morgan fingerprint density at radius 2 is 1.90 bits per heavy atom. The van der Waals surface area contributed by atoms with Gasteiger partial charge in [-0.25, -0.2) is 0 Å². The van der Waals surface area contributed by atoms with Gasteiger partial charge in [-0.3, -0.25) is 0 Å². The molecule has 0 saturated carbocycles. The van der Waals surface area contributed by atoms with Crippen LogP contribution in [0.2, 0.25) is 0 Å². The van der Waals surface area contributed by atoms with Gasteiger partial charge < -0.3 is 10.5 Å². The van der Waals surface area contributed by atoms with Gasteiger partial charge in [0.05, 0.1) is 0 Å². The summed E-state index contributed by atoms with van der Waals surface area (Å²) in [5.74, 6) is 0.922. The van der Waals surface area contributed by atoms with Gasteiger partial charge >= 0.3 is 0 Å².